The fourth-order valence-electron chi connectivity index (χ4n) is 2.83. The van der Waals surface area contributed by atoms with Crippen LogP contribution in [-0.4, -0.2) is 65.4 Å². The van der Waals surface area contributed by atoms with E-state index >= 15 is 0 Å². The van der Waals surface area contributed by atoms with E-state index in [0.717, 1.165) is 0 Å². The predicted molar refractivity (Wildman–Crippen MR) is 85.0 cm³/mol. The highest BCUT2D eigenvalue weighted by atomic mass is 79.9. The molecule has 2 saturated heterocycles. The maximum absolute atomic E-state index is 13.9. The Kier molecular flexibility index (Phi) is 5.67. The van der Waals surface area contributed by atoms with E-state index in [9.17, 15) is 13.4 Å². The molecule has 0 aromatic carbocycles. The summed E-state index contributed by atoms with van der Waals surface area (Å²) < 4.78 is 44.4. The van der Waals surface area contributed by atoms with Gasteiger partial charge in [-0.05, 0) is 6.92 Å². The minimum absolute atomic E-state index is 0.0915. The van der Waals surface area contributed by atoms with Crippen LogP contribution >= 0.6 is 31.9 Å². The van der Waals surface area contributed by atoms with Crippen molar-refractivity contribution in [3.63, 3.8) is 0 Å². The SMILES string of the molecule is CC(=O)[C@@]1([C@@H](C)[C@H](Br)CBr)O[B-](F)(F)OC1=[N+]1CCOCC1. The van der Waals surface area contributed by atoms with E-state index in [1.54, 1.807) is 11.5 Å². The first-order chi connectivity index (χ1) is 10.2. The molecular formula is C12H18BBr2F2NO4. The summed E-state index contributed by atoms with van der Waals surface area (Å²) in [4.78, 5) is 12.1. The quantitative estimate of drug-likeness (QED) is 0.375. The lowest BCUT2D eigenvalue weighted by molar-refractivity contribution is -0.557. The highest BCUT2D eigenvalue weighted by Gasteiger charge is 2.64. The van der Waals surface area contributed by atoms with Crippen molar-refractivity contribution in [2.75, 3.05) is 31.6 Å². The van der Waals surface area contributed by atoms with Gasteiger partial charge in [0.05, 0.1) is 0 Å². The molecule has 0 aromatic heterocycles. The van der Waals surface area contributed by atoms with E-state index in [4.69, 9.17) is 14.0 Å². The van der Waals surface area contributed by atoms with Gasteiger partial charge in [-0.25, -0.2) is 0 Å². The zero-order chi connectivity index (χ0) is 16.5. The van der Waals surface area contributed by atoms with Crippen LogP contribution in [-0.2, 0) is 18.8 Å². The minimum Gasteiger partial charge on any atom is -0.591 e. The van der Waals surface area contributed by atoms with Crippen molar-refractivity contribution in [3.05, 3.63) is 0 Å². The number of halogens is 4. The second-order valence-electron chi connectivity index (χ2n) is 5.43. The lowest BCUT2D eigenvalue weighted by atomic mass is 9.82. The maximum Gasteiger partial charge on any atom is 0.668 e. The van der Waals surface area contributed by atoms with Crippen LogP contribution in [0.5, 0.6) is 0 Å². The first-order valence-corrected chi connectivity index (χ1v) is 9.08. The van der Waals surface area contributed by atoms with Crippen molar-refractivity contribution in [2.45, 2.75) is 24.3 Å². The summed E-state index contributed by atoms with van der Waals surface area (Å²) in [6.07, 6.45) is 0. The Labute approximate surface area is 144 Å². The number of Topliss-reactive ketones (excluding diaryl/α,β-unsaturated/α-hetero) is 1. The summed E-state index contributed by atoms with van der Waals surface area (Å²) in [5.41, 5.74) is -1.79. The third kappa shape index (κ3) is 3.25. The molecule has 0 aromatic rings. The van der Waals surface area contributed by atoms with E-state index in [1.165, 1.54) is 6.92 Å². The van der Waals surface area contributed by atoms with Gasteiger partial charge in [-0.15, -0.1) is 0 Å². The molecule has 2 heterocycles. The van der Waals surface area contributed by atoms with Crippen LogP contribution in [0.4, 0.5) is 8.63 Å². The summed E-state index contributed by atoms with van der Waals surface area (Å²) in [6.45, 7) is 4.50. The second-order valence-corrected chi connectivity index (χ2v) is 7.25. The Morgan fingerprint density at radius 3 is 2.55 bits per heavy atom. The summed E-state index contributed by atoms with van der Waals surface area (Å²) in [7, 11) is -4.53. The van der Waals surface area contributed by atoms with E-state index < -0.39 is 24.4 Å². The molecule has 2 rings (SSSR count). The molecule has 126 valence electrons. The van der Waals surface area contributed by atoms with Crippen molar-refractivity contribution in [3.8, 4) is 0 Å². The fraction of sp³-hybridized carbons (Fsp3) is 0.833. The lowest BCUT2D eigenvalue weighted by Gasteiger charge is -2.35. The number of alkyl halides is 2. The third-order valence-corrected chi connectivity index (χ3v) is 6.73. The van der Waals surface area contributed by atoms with Crippen molar-refractivity contribution >= 4 is 50.6 Å². The molecule has 2 fully saturated rings. The molecule has 22 heavy (non-hydrogen) atoms. The summed E-state index contributed by atoms with van der Waals surface area (Å²) in [6, 6.07) is 0. The van der Waals surface area contributed by atoms with E-state index in [1.807, 2.05) is 0 Å². The topological polar surface area (TPSA) is 47.8 Å². The monoisotopic (exact) mass is 447 g/mol. The molecule has 0 radical (unpaired) electrons. The molecule has 2 aliphatic heterocycles. The Morgan fingerprint density at radius 2 is 2.05 bits per heavy atom. The van der Waals surface area contributed by atoms with E-state index in [0.29, 0.717) is 31.6 Å². The summed E-state index contributed by atoms with van der Waals surface area (Å²) in [5, 5.41) is 0.488. The van der Waals surface area contributed by atoms with Crippen LogP contribution < -0.4 is 0 Å². The van der Waals surface area contributed by atoms with Crippen LogP contribution in [0.15, 0.2) is 0 Å². The fourth-order valence-corrected chi connectivity index (χ4v) is 3.76. The Bertz CT molecular complexity index is 486. The summed E-state index contributed by atoms with van der Waals surface area (Å²) in [5.74, 6) is -1.13. The lowest BCUT2D eigenvalue weighted by Crippen LogP contribution is -2.56. The average Bonchev–Trinajstić information content (AvgIpc) is 2.79. The second kappa shape index (κ2) is 6.82. The first-order valence-electron chi connectivity index (χ1n) is 7.05. The molecule has 0 amide bonds. The zero-order valence-electron chi connectivity index (χ0n) is 12.4. The number of carbonyl (C=O) groups excluding carboxylic acids is 1. The van der Waals surface area contributed by atoms with Gasteiger partial charge in [0.1, 0.15) is 13.2 Å². The van der Waals surface area contributed by atoms with E-state index in [2.05, 4.69) is 31.9 Å². The zero-order valence-corrected chi connectivity index (χ0v) is 15.5. The average molecular weight is 449 g/mol. The molecule has 0 N–H and O–H groups in total. The van der Waals surface area contributed by atoms with Crippen molar-refractivity contribution in [1.29, 1.82) is 0 Å². The highest BCUT2D eigenvalue weighted by molar-refractivity contribution is 9.12. The van der Waals surface area contributed by atoms with Crippen LogP contribution in [0.25, 0.3) is 0 Å². The van der Waals surface area contributed by atoms with Crippen LogP contribution in [0.2, 0.25) is 0 Å². The maximum atomic E-state index is 13.9. The predicted octanol–water partition coefficient (Wildman–Crippen LogP) is 1.97. The minimum atomic E-state index is -4.53. The van der Waals surface area contributed by atoms with Crippen molar-refractivity contribution in [1.82, 2.24) is 0 Å². The number of ether oxygens (including phenoxy) is 1. The number of morpholine rings is 1. The molecule has 0 aliphatic carbocycles. The number of carbonyl (C=O) groups is 1. The molecule has 5 nitrogen and oxygen atoms in total. The molecule has 3 atom stereocenters. The van der Waals surface area contributed by atoms with Gasteiger partial charge in [0.2, 0.25) is 5.60 Å². The normalized spacial score (nSPS) is 30.8. The van der Waals surface area contributed by atoms with Gasteiger partial charge in [0, 0.05) is 16.1 Å². The summed E-state index contributed by atoms with van der Waals surface area (Å²) >= 11 is 6.72. The van der Waals surface area contributed by atoms with Gasteiger partial charge in [0.15, 0.2) is 18.9 Å². The van der Waals surface area contributed by atoms with Gasteiger partial charge >= 0.3 is 13.0 Å². The highest BCUT2D eigenvalue weighted by Crippen LogP contribution is 2.41. The molecule has 0 bridgehead atoms. The standard InChI is InChI=1S/C12H18BBr2F2NO4/c1-8(10(15)7-14)12(9(2)19)11(21-13(16,17)22-12)18-3-5-20-6-4-18/h8,10H,3-7H2,1-2H3/t8-,10+,12+/m0/s1. The van der Waals surface area contributed by atoms with Gasteiger partial charge in [-0.3, -0.25) is 4.79 Å². The number of ketones is 1. The smallest absolute Gasteiger partial charge is 0.591 e. The van der Waals surface area contributed by atoms with Gasteiger partial charge < -0.3 is 22.7 Å². The molecule has 2 aliphatic rings. The van der Waals surface area contributed by atoms with Crippen LogP contribution in [0, 0.1) is 5.92 Å². The number of rotatable bonds is 4. The third-order valence-electron chi connectivity index (χ3n) is 4.04. The van der Waals surface area contributed by atoms with Gasteiger partial charge in [-0.2, -0.15) is 4.58 Å². The number of hydrogen-bond acceptors (Lipinski definition) is 4. The number of hydrogen-bond donors (Lipinski definition) is 0. The van der Waals surface area contributed by atoms with E-state index in [-0.39, 0.29) is 10.7 Å². The molecular weight excluding hydrogens is 431 g/mol. The van der Waals surface area contributed by atoms with Gasteiger partial charge in [0.25, 0.3) is 0 Å². The first kappa shape index (κ1) is 18.3. The molecule has 10 heteroatoms. The Hall–Kier alpha value is -0.0551. The van der Waals surface area contributed by atoms with Crippen LogP contribution in [0.1, 0.15) is 13.8 Å². The Morgan fingerprint density at radius 1 is 1.45 bits per heavy atom. The van der Waals surface area contributed by atoms with Crippen molar-refractivity contribution in [2.24, 2.45) is 5.92 Å². The molecule has 0 saturated carbocycles. The molecule has 0 unspecified atom stereocenters. The Balaban J connectivity index is 2.54. The number of nitrogens with zero attached hydrogens (tertiary/aromatic N) is 1. The largest absolute Gasteiger partial charge is 0.668 e. The van der Waals surface area contributed by atoms with Crippen molar-refractivity contribution < 1.29 is 32.0 Å². The van der Waals surface area contributed by atoms with Gasteiger partial charge in [-0.1, -0.05) is 38.8 Å². The van der Waals surface area contributed by atoms with Crippen LogP contribution in [0.3, 0.4) is 0 Å². The molecule has 0 spiro atoms.